The van der Waals surface area contributed by atoms with Crippen molar-refractivity contribution in [1.82, 2.24) is 5.43 Å². The van der Waals surface area contributed by atoms with Gasteiger partial charge in [0.2, 0.25) is 5.91 Å². The van der Waals surface area contributed by atoms with E-state index >= 15 is 0 Å². The number of nitrogens with zero attached hydrogens (tertiary/aromatic N) is 2. The largest absolute Gasteiger partial charge is 0.461 e. The summed E-state index contributed by atoms with van der Waals surface area (Å²) in [6, 6.07) is 2.58. The molecule has 1 aromatic carbocycles. The van der Waals surface area contributed by atoms with E-state index in [1.54, 1.807) is 6.92 Å². The molecule has 7 nitrogen and oxygen atoms in total. The number of anilines is 1. The number of rotatable bonds is 3. The summed E-state index contributed by atoms with van der Waals surface area (Å²) >= 11 is 5.60. The average molecular weight is 340 g/mol. The summed E-state index contributed by atoms with van der Waals surface area (Å²) in [6.07, 6.45) is 0. The lowest BCUT2D eigenvalue weighted by atomic mass is 9.99. The van der Waals surface area contributed by atoms with Gasteiger partial charge in [0.05, 0.1) is 17.3 Å². The lowest BCUT2D eigenvalue weighted by molar-refractivity contribution is -0.136. The van der Waals surface area contributed by atoms with Crippen LogP contribution in [0, 0.1) is 11.7 Å². The first-order valence-electron chi connectivity index (χ1n) is 6.78. The molecule has 1 aromatic rings. The second kappa shape index (κ2) is 5.62. The third-order valence-electron chi connectivity index (χ3n) is 3.57. The molecule has 2 heterocycles. The number of nitrogens with one attached hydrogen (secondary N) is 1. The van der Waals surface area contributed by atoms with Crippen molar-refractivity contribution in [2.45, 2.75) is 13.0 Å². The Morgan fingerprint density at radius 2 is 2.17 bits per heavy atom. The van der Waals surface area contributed by atoms with Gasteiger partial charge in [0.15, 0.2) is 5.71 Å². The first kappa shape index (κ1) is 15.4. The van der Waals surface area contributed by atoms with Gasteiger partial charge in [-0.05, 0) is 25.1 Å². The zero-order valence-corrected chi connectivity index (χ0v) is 12.6. The van der Waals surface area contributed by atoms with Crippen LogP contribution < -0.4 is 10.3 Å². The number of hydrogen-bond donors (Lipinski definition) is 1. The van der Waals surface area contributed by atoms with Gasteiger partial charge in [-0.3, -0.25) is 15.0 Å². The number of halogens is 2. The predicted octanol–water partition coefficient (Wildman–Crippen LogP) is 0.859. The predicted molar refractivity (Wildman–Crippen MR) is 78.4 cm³/mol. The number of carbonyl (C=O) groups excluding carboxylic acids is 3. The highest BCUT2D eigenvalue weighted by atomic mass is 35.5. The van der Waals surface area contributed by atoms with Gasteiger partial charge in [0.1, 0.15) is 17.8 Å². The van der Waals surface area contributed by atoms with E-state index in [0.29, 0.717) is 0 Å². The van der Waals surface area contributed by atoms with E-state index in [-0.39, 0.29) is 23.0 Å². The van der Waals surface area contributed by atoms with E-state index < -0.39 is 35.6 Å². The molecule has 120 valence electrons. The molecule has 3 rings (SSSR count). The Bertz CT molecular complexity index is 752. The third-order valence-corrected chi connectivity index (χ3v) is 3.88. The second-order valence-electron chi connectivity index (χ2n) is 4.91. The Labute approximate surface area is 135 Å². The highest BCUT2D eigenvalue weighted by Crippen LogP contribution is 2.32. The molecule has 2 atom stereocenters. The number of benzene rings is 1. The Kier molecular flexibility index (Phi) is 3.77. The summed E-state index contributed by atoms with van der Waals surface area (Å²) < 4.78 is 18.4. The molecule has 2 amide bonds. The Morgan fingerprint density at radius 3 is 2.83 bits per heavy atom. The molecular formula is C14H11ClFN3O4. The highest BCUT2D eigenvalue weighted by molar-refractivity contribution is 6.46. The molecule has 1 fully saturated rings. The van der Waals surface area contributed by atoms with E-state index in [4.69, 9.17) is 16.3 Å². The Morgan fingerprint density at radius 1 is 1.43 bits per heavy atom. The maximum Gasteiger partial charge on any atom is 0.355 e. The van der Waals surface area contributed by atoms with E-state index in [1.807, 2.05) is 0 Å². The molecule has 1 N–H and O–H groups in total. The third kappa shape index (κ3) is 2.35. The van der Waals surface area contributed by atoms with E-state index in [2.05, 4.69) is 10.5 Å². The second-order valence-corrected chi connectivity index (χ2v) is 5.32. The smallest absolute Gasteiger partial charge is 0.355 e. The summed E-state index contributed by atoms with van der Waals surface area (Å²) in [5.41, 5.74) is 2.35. The molecule has 0 radical (unpaired) electrons. The number of ether oxygens (including phenoxy) is 1. The topological polar surface area (TPSA) is 88.1 Å². The summed E-state index contributed by atoms with van der Waals surface area (Å²) in [6.45, 7) is 1.73. The Hall–Kier alpha value is -2.48. The van der Waals surface area contributed by atoms with E-state index in [9.17, 15) is 18.8 Å². The van der Waals surface area contributed by atoms with Crippen LogP contribution in [-0.2, 0) is 19.1 Å². The normalized spacial score (nSPS) is 22.7. The molecule has 1 saturated heterocycles. The number of fused-ring (bicyclic) bond motifs is 1. The van der Waals surface area contributed by atoms with Gasteiger partial charge in [-0.25, -0.2) is 14.1 Å². The quantitative estimate of drug-likeness (QED) is 0.652. The molecule has 0 bridgehead atoms. The van der Waals surface area contributed by atoms with Crippen LogP contribution >= 0.6 is 11.6 Å². The first-order chi connectivity index (χ1) is 11.0. The molecule has 23 heavy (non-hydrogen) atoms. The fraction of sp³-hybridized carbons (Fsp3) is 0.286. The van der Waals surface area contributed by atoms with Crippen molar-refractivity contribution in [3.8, 4) is 0 Å². The minimum absolute atomic E-state index is 0.0429. The van der Waals surface area contributed by atoms with Crippen molar-refractivity contribution in [3.05, 3.63) is 29.0 Å². The van der Waals surface area contributed by atoms with Crippen LogP contribution in [0.1, 0.15) is 6.92 Å². The summed E-state index contributed by atoms with van der Waals surface area (Å²) in [5, 5.41) is 3.60. The lowest BCUT2D eigenvalue weighted by Crippen LogP contribution is -2.36. The molecule has 2 aliphatic heterocycles. The number of hydrogen-bond acceptors (Lipinski definition) is 6. The molecule has 0 unspecified atom stereocenters. The molecule has 9 heteroatoms. The van der Waals surface area contributed by atoms with Crippen molar-refractivity contribution >= 4 is 40.8 Å². The van der Waals surface area contributed by atoms with Gasteiger partial charge in [0, 0.05) is 0 Å². The average Bonchev–Trinajstić information content (AvgIpc) is 3.04. The number of carbonyl (C=O) groups is 3. The van der Waals surface area contributed by atoms with Gasteiger partial charge in [0.25, 0.3) is 5.91 Å². The van der Waals surface area contributed by atoms with Gasteiger partial charge < -0.3 is 4.74 Å². The van der Waals surface area contributed by atoms with E-state index in [0.717, 1.165) is 11.0 Å². The fourth-order valence-corrected chi connectivity index (χ4v) is 2.66. The maximum atomic E-state index is 13.6. The highest BCUT2D eigenvalue weighted by Gasteiger charge is 2.55. The molecule has 0 saturated carbocycles. The van der Waals surface area contributed by atoms with Crippen molar-refractivity contribution in [2.24, 2.45) is 11.0 Å². The van der Waals surface area contributed by atoms with Crippen LogP contribution in [0.15, 0.2) is 23.3 Å². The molecule has 2 aliphatic rings. The molecule has 0 spiro atoms. The zero-order chi connectivity index (χ0) is 16.7. The Balaban J connectivity index is 1.93. The summed E-state index contributed by atoms with van der Waals surface area (Å²) in [4.78, 5) is 37.6. The van der Waals surface area contributed by atoms with Crippen molar-refractivity contribution < 1.29 is 23.5 Å². The number of hydrazone groups is 1. The molecule has 0 aliphatic carbocycles. The van der Waals surface area contributed by atoms with Crippen molar-refractivity contribution in [2.75, 3.05) is 11.5 Å². The van der Waals surface area contributed by atoms with Crippen LogP contribution in [-0.4, -0.2) is 36.1 Å². The van der Waals surface area contributed by atoms with Gasteiger partial charge >= 0.3 is 5.97 Å². The van der Waals surface area contributed by atoms with Crippen molar-refractivity contribution in [1.29, 1.82) is 0 Å². The lowest BCUT2D eigenvalue weighted by Gasteiger charge is -2.16. The SMILES string of the molecule is CCOC(=O)C1=NN[C@@H]2C(=O)N(c3ccc(Cl)c(F)c3)C(=O)[C@H]12. The first-order valence-corrected chi connectivity index (χ1v) is 7.16. The summed E-state index contributed by atoms with van der Waals surface area (Å²) in [5.74, 6) is -3.89. The van der Waals surface area contributed by atoms with Crippen LogP contribution in [0.5, 0.6) is 0 Å². The van der Waals surface area contributed by atoms with Gasteiger partial charge in [-0.15, -0.1) is 0 Å². The minimum atomic E-state index is -1.08. The summed E-state index contributed by atoms with van der Waals surface area (Å²) in [7, 11) is 0. The minimum Gasteiger partial charge on any atom is -0.461 e. The number of amides is 2. The standard InChI is InChI=1S/C14H11ClFN3O4/c1-2-23-14(22)11-9-10(17-18-11)13(21)19(12(9)20)6-3-4-7(15)8(16)5-6/h3-5,9-10,17H,2H2,1H3/t9-,10-/m0/s1. The van der Waals surface area contributed by atoms with Gasteiger partial charge in [-0.1, -0.05) is 11.6 Å². The van der Waals surface area contributed by atoms with Crippen LogP contribution in [0.3, 0.4) is 0 Å². The zero-order valence-electron chi connectivity index (χ0n) is 11.9. The monoisotopic (exact) mass is 339 g/mol. The number of esters is 1. The number of imide groups is 1. The molecular weight excluding hydrogens is 329 g/mol. The molecule has 0 aromatic heterocycles. The maximum absolute atomic E-state index is 13.6. The fourth-order valence-electron chi connectivity index (χ4n) is 2.54. The van der Waals surface area contributed by atoms with Gasteiger partial charge in [-0.2, -0.15) is 5.10 Å². The van der Waals surface area contributed by atoms with Crippen molar-refractivity contribution in [3.63, 3.8) is 0 Å². The van der Waals surface area contributed by atoms with E-state index in [1.165, 1.54) is 12.1 Å². The van der Waals surface area contributed by atoms with Crippen LogP contribution in [0.25, 0.3) is 0 Å². The van der Waals surface area contributed by atoms with Crippen LogP contribution in [0.4, 0.5) is 10.1 Å². The van der Waals surface area contributed by atoms with Crippen LogP contribution in [0.2, 0.25) is 5.02 Å².